The molecule has 2 N–H and O–H groups in total. The average molecular weight is 307 g/mol. The van der Waals surface area contributed by atoms with Crippen LogP contribution in [0.25, 0.3) is 0 Å². The summed E-state index contributed by atoms with van der Waals surface area (Å²) in [5.41, 5.74) is 7.13. The third-order valence-corrected chi connectivity index (χ3v) is 4.70. The van der Waals surface area contributed by atoms with Gasteiger partial charge in [0.2, 0.25) is 0 Å². The molecule has 0 aliphatic heterocycles. The predicted molar refractivity (Wildman–Crippen MR) is 86.0 cm³/mol. The molecule has 0 bridgehead atoms. The van der Waals surface area contributed by atoms with Crippen LogP contribution in [0.5, 0.6) is 0 Å². The number of nitrogens with zero attached hydrogens (tertiary/aromatic N) is 2. The second-order valence-corrected chi connectivity index (χ2v) is 6.31. The van der Waals surface area contributed by atoms with E-state index in [9.17, 15) is 4.39 Å². The molecule has 1 aromatic carbocycles. The van der Waals surface area contributed by atoms with Gasteiger partial charge in [-0.05, 0) is 31.5 Å². The molecule has 1 heterocycles. The minimum atomic E-state index is -0.184. The van der Waals surface area contributed by atoms with Crippen molar-refractivity contribution in [3.05, 3.63) is 48.0 Å². The molecule has 0 saturated carbocycles. The lowest BCUT2D eigenvalue weighted by Gasteiger charge is -2.11. The van der Waals surface area contributed by atoms with E-state index in [0.29, 0.717) is 23.1 Å². The number of hydrogen-bond acceptors (Lipinski definition) is 3. The fraction of sp³-hybridized carbons (Fsp3) is 0.438. The maximum absolute atomic E-state index is 13.5. The van der Waals surface area contributed by atoms with Crippen molar-refractivity contribution < 1.29 is 4.39 Å². The van der Waals surface area contributed by atoms with Crippen LogP contribution in [0.4, 0.5) is 4.39 Å². The monoisotopic (exact) mass is 307 g/mol. The number of hydrogen-bond donors (Lipinski definition) is 1. The summed E-state index contributed by atoms with van der Waals surface area (Å²) in [6.07, 6.45) is 3.77. The van der Waals surface area contributed by atoms with Gasteiger partial charge in [0.1, 0.15) is 5.82 Å². The Balaban J connectivity index is 1.86. The van der Waals surface area contributed by atoms with Crippen LogP contribution in [0.2, 0.25) is 0 Å². The summed E-state index contributed by atoms with van der Waals surface area (Å²) in [4.78, 5) is 0.651. The van der Waals surface area contributed by atoms with Gasteiger partial charge in [-0.1, -0.05) is 19.1 Å². The third kappa shape index (κ3) is 4.58. The van der Waals surface area contributed by atoms with Crippen LogP contribution in [0.3, 0.4) is 0 Å². The Kier molecular flexibility index (Phi) is 5.82. The molecular formula is C16H22FN3S. The van der Waals surface area contributed by atoms with Crippen LogP contribution in [0.1, 0.15) is 32.0 Å². The highest BCUT2D eigenvalue weighted by Crippen LogP contribution is 2.22. The first-order valence-corrected chi connectivity index (χ1v) is 8.25. The minimum absolute atomic E-state index is 0.0325. The first-order valence-electron chi connectivity index (χ1n) is 7.27. The molecule has 0 aliphatic rings. The molecule has 2 aromatic rings. The molecule has 2 atom stereocenters. The van der Waals surface area contributed by atoms with E-state index in [1.54, 1.807) is 12.1 Å². The summed E-state index contributed by atoms with van der Waals surface area (Å²) in [6, 6.07) is 9.18. The van der Waals surface area contributed by atoms with Crippen molar-refractivity contribution >= 4 is 11.8 Å². The number of thioether (sulfide) groups is 1. The smallest absolute Gasteiger partial charge is 0.136 e. The molecule has 0 fully saturated rings. The van der Waals surface area contributed by atoms with Gasteiger partial charge in [0.15, 0.2) is 0 Å². The van der Waals surface area contributed by atoms with Gasteiger partial charge >= 0.3 is 0 Å². The molecular weight excluding hydrogens is 285 g/mol. The molecule has 2 rings (SSSR count). The first kappa shape index (κ1) is 16.0. The van der Waals surface area contributed by atoms with Crippen molar-refractivity contribution in [2.24, 2.45) is 5.73 Å². The van der Waals surface area contributed by atoms with Gasteiger partial charge in [0.25, 0.3) is 0 Å². The zero-order valence-corrected chi connectivity index (χ0v) is 13.3. The number of rotatable bonds is 7. The highest BCUT2D eigenvalue weighted by atomic mass is 32.2. The van der Waals surface area contributed by atoms with Crippen molar-refractivity contribution in [2.75, 3.05) is 5.75 Å². The van der Waals surface area contributed by atoms with E-state index in [1.807, 2.05) is 23.0 Å². The minimum Gasteiger partial charge on any atom is -0.327 e. The summed E-state index contributed by atoms with van der Waals surface area (Å²) in [6.45, 7) is 4.29. The van der Waals surface area contributed by atoms with Gasteiger partial charge in [-0.15, -0.1) is 11.8 Å². The largest absolute Gasteiger partial charge is 0.327 e. The van der Waals surface area contributed by atoms with E-state index in [1.165, 1.54) is 17.8 Å². The lowest BCUT2D eigenvalue weighted by Crippen LogP contribution is -2.26. The van der Waals surface area contributed by atoms with Crippen LogP contribution in [-0.2, 0) is 6.42 Å². The molecule has 3 nitrogen and oxygen atoms in total. The maximum Gasteiger partial charge on any atom is 0.136 e. The third-order valence-electron chi connectivity index (χ3n) is 3.47. The molecule has 1 aromatic heterocycles. The second kappa shape index (κ2) is 7.61. The second-order valence-electron chi connectivity index (χ2n) is 5.25. The number of aromatic nitrogens is 2. The van der Waals surface area contributed by atoms with E-state index < -0.39 is 0 Å². The van der Waals surface area contributed by atoms with E-state index in [0.717, 1.165) is 12.1 Å². The standard InChI is InChI=1S/C16H22FN3S/c1-3-12(2)20-9-8-14(19-20)10-13(18)11-21-16-7-5-4-6-15(16)17/h4-9,12-13H,3,10-11,18H2,1-2H3. The number of benzene rings is 1. The average Bonchev–Trinajstić information content (AvgIpc) is 2.94. The lowest BCUT2D eigenvalue weighted by molar-refractivity contribution is 0.472. The van der Waals surface area contributed by atoms with E-state index >= 15 is 0 Å². The Hall–Kier alpha value is -1.33. The quantitative estimate of drug-likeness (QED) is 0.794. The van der Waals surface area contributed by atoms with Crippen LogP contribution in [0.15, 0.2) is 41.4 Å². The molecule has 5 heteroatoms. The summed E-state index contributed by atoms with van der Waals surface area (Å²) in [5.74, 6) is 0.493. The molecule has 21 heavy (non-hydrogen) atoms. The Morgan fingerprint density at radius 2 is 2.10 bits per heavy atom. The lowest BCUT2D eigenvalue weighted by atomic mass is 10.2. The Bertz CT molecular complexity index is 570. The first-order chi connectivity index (χ1) is 10.1. The predicted octanol–water partition coefficient (Wildman–Crippen LogP) is 3.66. The molecule has 0 radical (unpaired) electrons. The highest BCUT2D eigenvalue weighted by molar-refractivity contribution is 7.99. The van der Waals surface area contributed by atoms with Gasteiger partial charge in [0.05, 0.1) is 5.69 Å². The zero-order valence-electron chi connectivity index (χ0n) is 12.5. The van der Waals surface area contributed by atoms with E-state index in [-0.39, 0.29) is 11.9 Å². The summed E-state index contributed by atoms with van der Waals surface area (Å²) in [7, 11) is 0. The van der Waals surface area contributed by atoms with Gasteiger partial charge < -0.3 is 5.73 Å². The van der Waals surface area contributed by atoms with Crippen molar-refractivity contribution in [2.45, 2.75) is 43.7 Å². The van der Waals surface area contributed by atoms with E-state index in [4.69, 9.17) is 5.73 Å². The SMILES string of the molecule is CCC(C)n1ccc(CC(N)CSc2ccccc2F)n1. The fourth-order valence-electron chi connectivity index (χ4n) is 2.00. The van der Waals surface area contributed by atoms with Gasteiger partial charge in [-0.2, -0.15) is 5.10 Å². The van der Waals surface area contributed by atoms with Crippen molar-refractivity contribution in [3.8, 4) is 0 Å². The zero-order chi connectivity index (χ0) is 15.2. The summed E-state index contributed by atoms with van der Waals surface area (Å²) >= 11 is 1.46. The van der Waals surface area contributed by atoms with Crippen LogP contribution in [-0.4, -0.2) is 21.6 Å². The normalized spacial score (nSPS) is 14.1. The molecule has 0 amide bonds. The fourth-order valence-corrected chi connectivity index (χ4v) is 2.90. The van der Waals surface area contributed by atoms with Gasteiger partial charge in [-0.3, -0.25) is 4.68 Å². The summed E-state index contributed by atoms with van der Waals surface area (Å²) < 4.78 is 15.5. The Morgan fingerprint density at radius 1 is 1.33 bits per heavy atom. The molecule has 0 spiro atoms. The molecule has 114 valence electrons. The van der Waals surface area contributed by atoms with Gasteiger partial charge in [-0.25, -0.2) is 4.39 Å². The summed E-state index contributed by atoms with van der Waals surface area (Å²) in [5, 5.41) is 4.55. The maximum atomic E-state index is 13.5. The molecule has 2 unspecified atom stereocenters. The van der Waals surface area contributed by atoms with Crippen LogP contribution in [0, 0.1) is 5.82 Å². The highest BCUT2D eigenvalue weighted by Gasteiger charge is 2.10. The topological polar surface area (TPSA) is 43.8 Å². The molecule has 0 aliphatic carbocycles. The Morgan fingerprint density at radius 3 is 2.81 bits per heavy atom. The van der Waals surface area contributed by atoms with E-state index in [2.05, 4.69) is 18.9 Å². The number of halogens is 1. The number of nitrogens with two attached hydrogens (primary N) is 1. The van der Waals surface area contributed by atoms with Crippen molar-refractivity contribution in [1.29, 1.82) is 0 Å². The Labute approximate surface area is 129 Å². The van der Waals surface area contributed by atoms with Crippen molar-refractivity contribution in [3.63, 3.8) is 0 Å². The van der Waals surface area contributed by atoms with Crippen molar-refractivity contribution in [1.82, 2.24) is 9.78 Å². The van der Waals surface area contributed by atoms with Crippen LogP contribution < -0.4 is 5.73 Å². The van der Waals surface area contributed by atoms with Gasteiger partial charge in [0, 0.05) is 35.3 Å². The molecule has 0 saturated heterocycles. The van der Waals surface area contributed by atoms with Crippen LogP contribution >= 0.6 is 11.8 Å².